The first-order chi connectivity index (χ1) is 6.13. The lowest BCUT2D eigenvalue weighted by molar-refractivity contribution is 0.307. The minimum Gasteiger partial charge on any atom is -0.316 e. The highest BCUT2D eigenvalue weighted by Crippen LogP contribution is 2.37. The molecule has 1 fully saturated rings. The normalized spacial score (nSPS) is 28.5. The summed E-state index contributed by atoms with van der Waals surface area (Å²) in [6.45, 7) is 4.40. The zero-order chi connectivity index (χ0) is 9.84. The van der Waals surface area contributed by atoms with Gasteiger partial charge in [-0.2, -0.15) is 5.26 Å². The summed E-state index contributed by atoms with van der Waals surface area (Å²) in [6.07, 6.45) is 2.16. The molecule has 3 heteroatoms. The molecule has 0 amide bonds. The van der Waals surface area contributed by atoms with E-state index in [1.165, 1.54) is 13.0 Å². The van der Waals surface area contributed by atoms with E-state index in [0.717, 1.165) is 24.8 Å². The number of rotatable bonds is 5. The lowest BCUT2D eigenvalue weighted by Crippen LogP contribution is -2.28. The lowest BCUT2D eigenvalue weighted by atomic mass is 10.2. The van der Waals surface area contributed by atoms with Crippen LogP contribution in [0.4, 0.5) is 0 Å². The molecule has 0 aromatic rings. The Morgan fingerprint density at radius 1 is 1.69 bits per heavy atom. The second-order valence-corrected chi connectivity index (χ2v) is 4.26. The third-order valence-corrected chi connectivity index (χ3v) is 2.81. The van der Waals surface area contributed by atoms with Crippen LogP contribution >= 0.6 is 0 Å². The summed E-state index contributed by atoms with van der Waals surface area (Å²) in [5, 5.41) is 8.49. The molecule has 0 aromatic heterocycles. The molecule has 1 rings (SSSR count). The van der Waals surface area contributed by atoms with Crippen molar-refractivity contribution < 1.29 is 0 Å². The van der Waals surface area contributed by atoms with Crippen LogP contribution in [0.3, 0.4) is 0 Å². The Hall–Kier alpha value is -0.590. The number of nitrogens with zero attached hydrogens (tertiary/aromatic N) is 2. The molecule has 3 atom stereocenters. The fraction of sp³-hybridized carbons (Fsp3) is 0.900. The Morgan fingerprint density at radius 3 is 2.77 bits per heavy atom. The first kappa shape index (κ1) is 10.5. The maximum Gasteiger partial charge on any atom is 0.0940 e. The second kappa shape index (κ2) is 4.59. The average molecular weight is 181 g/mol. The smallest absolute Gasteiger partial charge is 0.0940 e. The lowest BCUT2D eigenvalue weighted by Gasteiger charge is -2.16. The van der Waals surface area contributed by atoms with Crippen molar-refractivity contribution in [1.82, 2.24) is 4.90 Å². The maximum absolute atomic E-state index is 8.49. The zero-order valence-electron chi connectivity index (χ0n) is 8.53. The Labute approximate surface area is 80.5 Å². The quantitative estimate of drug-likeness (QED) is 0.683. The van der Waals surface area contributed by atoms with Crippen LogP contribution in [-0.4, -0.2) is 31.1 Å². The predicted molar refractivity (Wildman–Crippen MR) is 53.0 cm³/mol. The van der Waals surface area contributed by atoms with Gasteiger partial charge in [-0.3, -0.25) is 0 Å². The van der Waals surface area contributed by atoms with Crippen LogP contribution < -0.4 is 5.73 Å². The molecule has 0 saturated heterocycles. The molecule has 3 unspecified atom stereocenters. The minimum atomic E-state index is -0.293. The molecular formula is C10H19N3. The summed E-state index contributed by atoms with van der Waals surface area (Å²) in [4.78, 5) is 2.28. The van der Waals surface area contributed by atoms with E-state index in [4.69, 9.17) is 11.0 Å². The first-order valence-corrected chi connectivity index (χ1v) is 4.97. The van der Waals surface area contributed by atoms with Crippen molar-refractivity contribution in [2.24, 2.45) is 17.6 Å². The van der Waals surface area contributed by atoms with Gasteiger partial charge in [0.15, 0.2) is 0 Å². The van der Waals surface area contributed by atoms with Gasteiger partial charge in [-0.1, -0.05) is 6.92 Å². The molecular weight excluding hydrogens is 162 g/mol. The number of hydrogen-bond donors (Lipinski definition) is 1. The number of hydrogen-bond acceptors (Lipinski definition) is 3. The van der Waals surface area contributed by atoms with Gasteiger partial charge in [-0.05, 0) is 31.7 Å². The van der Waals surface area contributed by atoms with Gasteiger partial charge in [0.05, 0.1) is 12.1 Å². The fourth-order valence-electron chi connectivity index (χ4n) is 1.57. The zero-order valence-corrected chi connectivity index (χ0v) is 8.53. The Kier molecular flexibility index (Phi) is 3.71. The highest BCUT2D eigenvalue weighted by atomic mass is 15.1. The molecule has 74 valence electrons. The molecule has 13 heavy (non-hydrogen) atoms. The summed E-state index contributed by atoms with van der Waals surface area (Å²) in [5.74, 6) is 1.80. The van der Waals surface area contributed by atoms with Crippen LogP contribution in [0.5, 0.6) is 0 Å². The van der Waals surface area contributed by atoms with Crippen LogP contribution in [-0.2, 0) is 0 Å². The predicted octanol–water partition coefficient (Wildman–Crippen LogP) is 0.815. The van der Waals surface area contributed by atoms with Crippen molar-refractivity contribution in [2.75, 3.05) is 20.1 Å². The monoisotopic (exact) mass is 181 g/mol. The summed E-state index contributed by atoms with van der Waals surface area (Å²) in [6, 6.07) is 1.76. The molecule has 0 aromatic carbocycles. The molecule has 0 spiro atoms. The van der Waals surface area contributed by atoms with Crippen LogP contribution in [0.15, 0.2) is 0 Å². The minimum absolute atomic E-state index is 0.293. The molecule has 1 aliphatic rings. The van der Waals surface area contributed by atoms with Gasteiger partial charge < -0.3 is 10.6 Å². The van der Waals surface area contributed by atoms with E-state index in [1.54, 1.807) is 0 Å². The van der Waals surface area contributed by atoms with Crippen molar-refractivity contribution in [1.29, 1.82) is 5.26 Å². The summed E-state index contributed by atoms with van der Waals surface area (Å²) in [7, 11) is 2.11. The van der Waals surface area contributed by atoms with E-state index >= 15 is 0 Å². The Balaban J connectivity index is 2.05. The molecule has 1 aliphatic carbocycles. The van der Waals surface area contributed by atoms with E-state index in [9.17, 15) is 0 Å². The van der Waals surface area contributed by atoms with Gasteiger partial charge in [-0.15, -0.1) is 0 Å². The SMILES string of the molecule is CC1CC1CN(C)CCC(N)C#N. The van der Waals surface area contributed by atoms with Gasteiger partial charge in [0, 0.05) is 13.1 Å². The molecule has 2 N–H and O–H groups in total. The van der Waals surface area contributed by atoms with Gasteiger partial charge in [0.1, 0.15) is 0 Å². The van der Waals surface area contributed by atoms with Crippen LogP contribution in [0.1, 0.15) is 19.8 Å². The highest BCUT2D eigenvalue weighted by Gasteiger charge is 2.32. The molecule has 0 radical (unpaired) electrons. The van der Waals surface area contributed by atoms with Gasteiger partial charge in [-0.25, -0.2) is 0 Å². The van der Waals surface area contributed by atoms with Crippen molar-refractivity contribution in [3.05, 3.63) is 0 Å². The van der Waals surface area contributed by atoms with Crippen molar-refractivity contribution in [3.8, 4) is 6.07 Å². The summed E-state index contributed by atoms with van der Waals surface area (Å²) in [5.41, 5.74) is 5.51. The summed E-state index contributed by atoms with van der Waals surface area (Å²) < 4.78 is 0. The van der Waals surface area contributed by atoms with Crippen molar-refractivity contribution in [3.63, 3.8) is 0 Å². The molecule has 1 saturated carbocycles. The largest absolute Gasteiger partial charge is 0.316 e. The molecule has 3 nitrogen and oxygen atoms in total. The van der Waals surface area contributed by atoms with Crippen LogP contribution in [0.25, 0.3) is 0 Å². The Morgan fingerprint density at radius 2 is 2.31 bits per heavy atom. The van der Waals surface area contributed by atoms with E-state index < -0.39 is 0 Å². The van der Waals surface area contributed by atoms with E-state index in [0.29, 0.717) is 0 Å². The van der Waals surface area contributed by atoms with Crippen LogP contribution in [0, 0.1) is 23.2 Å². The second-order valence-electron chi connectivity index (χ2n) is 4.26. The molecule has 0 bridgehead atoms. The van der Waals surface area contributed by atoms with Crippen molar-refractivity contribution in [2.45, 2.75) is 25.8 Å². The van der Waals surface area contributed by atoms with Crippen LogP contribution in [0.2, 0.25) is 0 Å². The van der Waals surface area contributed by atoms with Gasteiger partial charge in [0.2, 0.25) is 0 Å². The number of nitriles is 1. The van der Waals surface area contributed by atoms with E-state index in [2.05, 4.69) is 18.9 Å². The van der Waals surface area contributed by atoms with Crippen molar-refractivity contribution >= 4 is 0 Å². The summed E-state index contributed by atoms with van der Waals surface area (Å²) >= 11 is 0. The van der Waals surface area contributed by atoms with E-state index in [-0.39, 0.29) is 6.04 Å². The Bertz CT molecular complexity index is 197. The van der Waals surface area contributed by atoms with E-state index in [1.807, 2.05) is 6.07 Å². The highest BCUT2D eigenvalue weighted by molar-refractivity contribution is 4.88. The van der Waals surface area contributed by atoms with Gasteiger partial charge >= 0.3 is 0 Å². The van der Waals surface area contributed by atoms with Gasteiger partial charge in [0.25, 0.3) is 0 Å². The number of nitrogens with two attached hydrogens (primary N) is 1. The maximum atomic E-state index is 8.49. The molecule has 0 aliphatic heterocycles. The average Bonchev–Trinajstić information content (AvgIpc) is 2.77. The fourth-order valence-corrected chi connectivity index (χ4v) is 1.57. The standard InChI is InChI=1S/C10H19N3/c1-8-5-9(8)7-13(2)4-3-10(12)6-11/h8-10H,3-5,7,12H2,1-2H3. The topological polar surface area (TPSA) is 53.0 Å². The molecule has 0 heterocycles. The third kappa shape index (κ3) is 3.75. The third-order valence-electron chi connectivity index (χ3n) is 2.81. The first-order valence-electron chi connectivity index (χ1n) is 4.97.